The monoisotopic (exact) mass is 261 g/mol. The molecular formula is C14H19N3O2. The largest absolute Gasteiger partial charge is 0.497 e. The van der Waals surface area contributed by atoms with Crippen LogP contribution in [0.15, 0.2) is 30.5 Å². The minimum absolute atomic E-state index is 0.203. The molecule has 5 heteroatoms. The molecule has 19 heavy (non-hydrogen) atoms. The van der Waals surface area contributed by atoms with Gasteiger partial charge in [0, 0.05) is 30.4 Å². The third-order valence-corrected chi connectivity index (χ3v) is 3.08. The fourth-order valence-electron chi connectivity index (χ4n) is 1.88. The summed E-state index contributed by atoms with van der Waals surface area (Å²) in [5, 5.41) is 10.3. The third kappa shape index (κ3) is 3.26. The quantitative estimate of drug-likeness (QED) is 0.837. The van der Waals surface area contributed by atoms with Crippen LogP contribution in [-0.2, 0) is 6.54 Å². The lowest BCUT2D eigenvalue weighted by Gasteiger charge is -2.14. The lowest BCUT2D eigenvalue weighted by molar-refractivity contribution is 0.388. The number of hydrogen-bond donors (Lipinski definition) is 2. The molecule has 0 aliphatic rings. The zero-order valence-corrected chi connectivity index (χ0v) is 11.4. The van der Waals surface area contributed by atoms with Gasteiger partial charge in [-0.05, 0) is 19.1 Å². The molecule has 0 radical (unpaired) electrons. The second-order valence-electron chi connectivity index (χ2n) is 4.29. The second-order valence-corrected chi connectivity index (χ2v) is 4.29. The van der Waals surface area contributed by atoms with Gasteiger partial charge in [0.15, 0.2) is 0 Å². The van der Waals surface area contributed by atoms with Gasteiger partial charge in [-0.3, -0.25) is 5.10 Å². The van der Waals surface area contributed by atoms with Crippen molar-refractivity contribution < 1.29 is 9.47 Å². The Morgan fingerprint density at radius 2 is 2.11 bits per heavy atom. The number of methoxy groups -OCH3 is 2. The lowest BCUT2D eigenvalue weighted by atomic mass is 10.1. The van der Waals surface area contributed by atoms with Crippen LogP contribution >= 0.6 is 0 Å². The Morgan fingerprint density at radius 1 is 1.26 bits per heavy atom. The fourth-order valence-corrected chi connectivity index (χ4v) is 1.88. The number of nitrogens with one attached hydrogen (secondary N) is 2. The van der Waals surface area contributed by atoms with E-state index in [4.69, 9.17) is 9.47 Å². The summed E-state index contributed by atoms with van der Waals surface area (Å²) in [6.45, 7) is 2.80. The molecule has 0 aliphatic carbocycles. The number of aromatic nitrogens is 2. The van der Waals surface area contributed by atoms with Crippen LogP contribution in [0.5, 0.6) is 11.5 Å². The van der Waals surface area contributed by atoms with Crippen molar-refractivity contribution in [1.82, 2.24) is 15.5 Å². The molecule has 1 atom stereocenters. The van der Waals surface area contributed by atoms with Crippen LogP contribution in [-0.4, -0.2) is 24.4 Å². The maximum Gasteiger partial charge on any atom is 0.127 e. The summed E-state index contributed by atoms with van der Waals surface area (Å²) in [6, 6.07) is 7.99. The normalized spacial score (nSPS) is 12.2. The van der Waals surface area contributed by atoms with Crippen LogP contribution in [0.1, 0.15) is 24.2 Å². The molecule has 2 aromatic rings. The number of rotatable bonds is 6. The van der Waals surface area contributed by atoms with Crippen LogP contribution in [0.4, 0.5) is 0 Å². The van der Waals surface area contributed by atoms with E-state index in [-0.39, 0.29) is 6.04 Å². The standard InChI is InChI=1S/C14H19N3O2/c1-10(13-6-7-16-17-13)15-9-11-4-5-12(18-2)8-14(11)19-3/h4-8,10,15H,9H2,1-3H3,(H,16,17). The average Bonchev–Trinajstić information content (AvgIpc) is 2.98. The first-order chi connectivity index (χ1) is 9.24. The number of nitrogens with zero attached hydrogens (tertiary/aromatic N) is 1. The zero-order valence-electron chi connectivity index (χ0n) is 11.4. The average molecular weight is 261 g/mol. The van der Waals surface area contributed by atoms with Crippen molar-refractivity contribution in [3.8, 4) is 11.5 Å². The maximum absolute atomic E-state index is 5.37. The van der Waals surface area contributed by atoms with Crippen LogP contribution in [0.25, 0.3) is 0 Å². The second kappa shape index (κ2) is 6.24. The van der Waals surface area contributed by atoms with E-state index in [0.29, 0.717) is 6.54 Å². The molecule has 0 aliphatic heterocycles. The van der Waals surface area contributed by atoms with Crippen LogP contribution < -0.4 is 14.8 Å². The predicted octanol–water partition coefficient (Wildman–Crippen LogP) is 2.28. The van der Waals surface area contributed by atoms with E-state index in [9.17, 15) is 0 Å². The first-order valence-corrected chi connectivity index (χ1v) is 6.18. The van der Waals surface area contributed by atoms with Gasteiger partial charge in [0.1, 0.15) is 11.5 Å². The fraction of sp³-hybridized carbons (Fsp3) is 0.357. The molecule has 0 bridgehead atoms. The van der Waals surface area contributed by atoms with E-state index < -0.39 is 0 Å². The summed E-state index contributed by atoms with van der Waals surface area (Å²) in [7, 11) is 3.31. The van der Waals surface area contributed by atoms with Crippen molar-refractivity contribution in [2.75, 3.05) is 14.2 Å². The number of aromatic amines is 1. The first kappa shape index (κ1) is 13.4. The van der Waals surface area contributed by atoms with Crippen molar-refractivity contribution in [3.63, 3.8) is 0 Å². The molecule has 1 unspecified atom stereocenters. The highest BCUT2D eigenvalue weighted by atomic mass is 16.5. The van der Waals surface area contributed by atoms with Crippen LogP contribution in [0, 0.1) is 0 Å². The smallest absolute Gasteiger partial charge is 0.127 e. The van der Waals surface area contributed by atoms with E-state index in [1.165, 1.54) is 0 Å². The minimum atomic E-state index is 0.203. The predicted molar refractivity (Wildman–Crippen MR) is 73.4 cm³/mol. The summed E-state index contributed by atoms with van der Waals surface area (Å²) in [5.74, 6) is 1.62. The highest BCUT2D eigenvalue weighted by Crippen LogP contribution is 2.25. The molecule has 1 heterocycles. The number of H-pyrrole nitrogens is 1. The Hall–Kier alpha value is -2.01. The topological polar surface area (TPSA) is 59.2 Å². The summed E-state index contributed by atoms with van der Waals surface area (Å²) in [4.78, 5) is 0. The summed E-state index contributed by atoms with van der Waals surface area (Å²) >= 11 is 0. The van der Waals surface area contributed by atoms with Gasteiger partial charge < -0.3 is 14.8 Å². The highest BCUT2D eigenvalue weighted by Gasteiger charge is 2.09. The van der Waals surface area contributed by atoms with Gasteiger partial charge >= 0.3 is 0 Å². The molecule has 2 N–H and O–H groups in total. The number of ether oxygens (including phenoxy) is 2. The Kier molecular flexibility index (Phi) is 4.41. The molecule has 1 aromatic heterocycles. The van der Waals surface area contributed by atoms with Crippen molar-refractivity contribution >= 4 is 0 Å². The number of benzene rings is 1. The van der Waals surface area contributed by atoms with Gasteiger partial charge in [0.25, 0.3) is 0 Å². The minimum Gasteiger partial charge on any atom is -0.497 e. The van der Waals surface area contributed by atoms with Crippen molar-refractivity contribution in [3.05, 3.63) is 41.7 Å². The van der Waals surface area contributed by atoms with E-state index in [1.54, 1.807) is 20.4 Å². The zero-order chi connectivity index (χ0) is 13.7. The summed E-state index contributed by atoms with van der Waals surface area (Å²) in [6.07, 6.45) is 1.75. The van der Waals surface area contributed by atoms with Crippen molar-refractivity contribution in [1.29, 1.82) is 0 Å². The van der Waals surface area contributed by atoms with Crippen molar-refractivity contribution in [2.45, 2.75) is 19.5 Å². The SMILES string of the molecule is COc1ccc(CNC(C)c2ccn[nH]2)c(OC)c1. The molecule has 0 amide bonds. The lowest BCUT2D eigenvalue weighted by Crippen LogP contribution is -2.18. The van der Waals surface area contributed by atoms with Crippen LogP contribution in [0.3, 0.4) is 0 Å². The molecule has 0 saturated carbocycles. The molecule has 2 rings (SSSR count). The summed E-state index contributed by atoms with van der Waals surface area (Å²) < 4.78 is 10.6. The third-order valence-electron chi connectivity index (χ3n) is 3.08. The van der Waals surface area contributed by atoms with Gasteiger partial charge in [-0.25, -0.2) is 0 Å². The molecule has 5 nitrogen and oxygen atoms in total. The molecule has 102 valence electrons. The highest BCUT2D eigenvalue weighted by molar-refractivity contribution is 5.40. The summed E-state index contributed by atoms with van der Waals surface area (Å²) in [5.41, 5.74) is 2.15. The Labute approximate surface area is 112 Å². The van der Waals surface area contributed by atoms with Gasteiger partial charge in [0.2, 0.25) is 0 Å². The Bertz CT molecular complexity index is 511. The van der Waals surface area contributed by atoms with E-state index in [1.807, 2.05) is 24.3 Å². The van der Waals surface area contributed by atoms with E-state index in [0.717, 1.165) is 22.8 Å². The molecule has 0 saturated heterocycles. The van der Waals surface area contributed by atoms with Gasteiger partial charge in [-0.1, -0.05) is 6.07 Å². The Morgan fingerprint density at radius 3 is 2.74 bits per heavy atom. The number of hydrogen-bond acceptors (Lipinski definition) is 4. The first-order valence-electron chi connectivity index (χ1n) is 6.18. The molecule has 0 fully saturated rings. The Balaban J connectivity index is 2.03. The van der Waals surface area contributed by atoms with E-state index in [2.05, 4.69) is 22.4 Å². The van der Waals surface area contributed by atoms with Gasteiger partial charge in [-0.2, -0.15) is 5.10 Å². The van der Waals surface area contributed by atoms with Gasteiger partial charge in [0.05, 0.1) is 19.9 Å². The van der Waals surface area contributed by atoms with E-state index >= 15 is 0 Å². The van der Waals surface area contributed by atoms with Crippen molar-refractivity contribution in [2.24, 2.45) is 0 Å². The van der Waals surface area contributed by atoms with Gasteiger partial charge in [-0.15, -0.1) is 0 Å². The van der Waals surface area contributed by atoms with Crippen LogP contribution in [0.2, 0.25) is 0 Å². The maximum atomic E-state index is 5.37. The molecule has 0 spiro atoms. The molecular weight excluding hydrogens is 242 g/mol. The molecule has 1 aromatic carbocycles.